The van der Waals surface area contributed by atoms with E-state index in [1.807, 2.05) is 46.8 Å². The second-order valence-corrected chi connectivity index (χ2v) is 5.52. The summed E-state index contributed by atoms with van der Waals surface area (Å²) in [5.74, 6) is 0.745. The Bertz CT molecular complexity index is 390. The first-order valence-electron chi connectivity index (χ1n) is 6.42. The lowest BCUT2D eigenvalue weighted by Crippen LogP contribution is -2.31. The molecule has 1 unspecified atom stereocenters. The summed E-state index contributed by atoms with van der Waals surface area (Å²) < 4.78 is 5.71. The quantitative estimate of drug-likeness (QED) is 0.888. The van der Waals surface area contributed by atoms with Gasteiger partial charge in [-0.1, -0.05) is 6.92 Å². The van der Waals surface area contributed by atoms with E-state index in [0.29, 0.717) is 5.56 Å². The number of carbonyl (C=O) groups is 1. The molecule has 1 aromatic carbocycles. The maximum Gasteiger partial charge on any atom is 0.251 e. The summed E-state index contributed by atoms with van der Waals surface area (Å²) >= 11 is 0. The van der Waals surface area contributed by atoms with Crippen molar-refractivity contribution in [3.8, 4) is 5.75 Å². The molecule has 0 saturated heterocycles. The molecule has 1 atom stereocenters. The van der Waals surface area contributed by atoms with Crippen molar-refractivity contribution in [2.45, 2.75) is 52.7 Å². The van der Waals surface area contributed by atoms with Crippen molar-refractivity contribution in [2.24, 2.45) is 0 Å². The van der Waals surface area contributed by atoms with Crippen LogP contribution in [0.5, 0.6) is 5.75 Å². The minimum absolute atomic E-state index is 0.0355. The van der Waals surface area contributed by atoms with Crippen LogP contribution in [0.15, 0.2) is 24.3 Å². The van der Waals surface area contributed by atoms with E-state index in [1.165, 1.54) is 0 Å². The van der Waals surface area contributed by atoms with Gasteiger partial charge in [0, 0.05) is 11.6 Å². The van der Waals surface area contributed by atoms with Gasteiger partial charge in [-0.2, -0.15) is 0 Å². The molecule has 3 nitrogen and oxygen atoms in total. The molecule has 3 heteroatoms. The van der Waals surface area contributed by atoms with Gasteiger partial charge in [-0.3, -0.25) is 4.79 Å². The summed E-state index contributed by atoms with van der Waals surface area (Å²) in [6.45, 7) is 10.0. The maximum absolute atomic E-state index is 11.9. The number of hydrogen-bond donors (Lipinski definition) is 1. The topological polar surface area (TPSA) is 38.3 Å². The molecule has 1 rings (SSSR count). The van der Waals surface area contributed by atoms with E-state index < -0.39 is 0 Å². The Kier molecular flexibility index (Phi) is 4.76. The lowest BCUT2D eigenvalue weighted by Gasteiger charge is -2.21. The summed E-state index contributed by atoms with van der Waals surface area (Å²) in [7, 11) is 0. The van der Waals surface area contributed by atoms with Crippen molar-refractivity contribution >= 4 is 5.91 Å². The van der Waals surface area contributed by atoms with Crippen LogP contribution in [0.3, 0.4) is 0 Å². The number of amides is 1. The highest BCUT2D eigenvalue weighted by Gasteiger charge is 2.12. The summed E-state index contributed by atoms with van der Waals surface area (Å²) in [5, 5.41) is 2.93. The van der Waals surface area contributed by atoms with Crippen LogP contribution in [0.4, 0.5) is 0 Å². The first-order chi connectivity index (χ1) is 8.31. The predicted octanol–water partition coefficient (Wildman–Crippen LogP) is 3.39. The summed E-state index contributed by atoms with van der Waals surface area (Å²) in [6.07, 6.45) is 0.928. The molecule has 0 aromatic heterocycles. The number of hydrogen-bond acceptors (Lipinski definition) is 2. The van der Waals surface area contributed by atoms with E-state index >= 15 is 0 Å². The number of benzene rings is 1. The Labute approximate surface area is 110 Å². The van der Waals surface area contributed by atoms with Crippen molar-refractivity contribution in [3.63, 3.8) is 0 Å². The molecule has 1 N–H and O–H groups in total. The van der Waals surface area contributed by atoms with Crippen molar-refractivity contribution in [3.05, 3.63) is 29.8 Å². The molecule has 0 saturated carbocycles. The molecular weight excluding hydrogens is 226 g/mol. The molecular formula is C15H23NO2. The summed E-state index contributed by atoms with van der Waals surface area (Å²) in [5.41, 5.74) is 0.442. The first-order valence-corrected chi connectivity index (χ1v) is 6.42. The summed E-state index contributed by atoms with van der Waals surface area (Å²) in [6, 6.07) is 7.44. The van der Waals surface area contributed by atoms with E-state index in [9.17, 15) is 4.79 Å². The van der Waals surface area contributed by atoms with Crippen LogP contribution in [0.1, 0.15) is 51.4 Å². The Morgan fingerprint density at radius 3 is 2.28 bits per heavy atom. The minimum atomic E-state index is -0.222. The molecule has 0 spiro atoms. The van der Waals surface area contributed by atoms with Gasteiger partial charge in [-0.25, -0.2) is 0 Å². The number of carbonyl (C=O) groups excluding carboxylic acids is 1. The monoisotopic (exact) mass is 249 g/mol. The van der Waals surface area contributed by atoms with Crippen molar-refractivity contribution in [1.29, 1.82) is 0 Å². The molecule has 0 fully saturated rings. The predicted molar refractivity (Wildman–Crippen MR) is 74.0 cm³/mol. The lowest BCUT2D eigenvalue weighted by atomic mass is 10.1. The number of nitrogens with one attached hydrogen (secondary N) is 1. The Morgan fingerprint density at radius 2 is 1.83 bits per heavy atom. The zero-order chi connectivity index (χ0) is 13.8. The highest BCUT2D eigenvalue weighted by Crippen LogP contribution is 2.18. The molecule has 1 amide bonds. The van der Waals surface area contributed by atoms with E-state index in [-0.39, 0.29) is 17.6 Å². The van der Waals surface area contributed by atoms with Crippen molar-refractivity contribution in [2.75, 3.05) is 0 Å². The zero-order valence-electron chi connectivity index (χ0n) is 11.9. The normalized spacial score (nSPS) is 12.9. The third-order valence-electron chi connectivity index (χ3n) is 2.53. The standard InChI is InChI=1S/C15H23NO2/c1-6-11(2)16-14(17)12-7-9-13(10-8-12)18-15(3,4)5/h7-11H,6H2,1-5H3,(H,16,17). The fourth-order valence-corrected chi connectivity index (χ4v) is 1.44. The minimum Gasteiger partial charge on any atom is -0.488 e. The molecule has 100 valence electrons. The third-order valence-corrected chi connectivity index (χ3v) is 2.53. The molecule has 0 bridgehead atoms. The molecule has 0 aliphatic carbocycles. The Balaban J connectivity index is 2.68. The van der Waals surface area contributed by atoms with Crippen molar-refractivity contribution < 1.29 is 9.53 Å². The van der Waals surface area contributed by atoms with Crippen LogP contribution in [0.2, 0.25) is 0 Å². The molecule has 0 radical (unpaired) electrons. The molecule has 1 aromatic rings. The van der Waals surface area contributed by atoms with Gasteiger partial charge in [0.1, 0.15) is 11.4 Å². The molecule has 0 aliphatic heterocycles. The first kappa shape index (κ1) is 14.6. The maximum atomic E-state index is 11.9. The van der Waals surface area contributed by atoms with E-state index in [4.69, 9.17) is 4.74 Å². The number of ether oxygens (including phenoxy) is 1. The molecule has 0 heterocycles. The van der Waals surface area contributed by atoms with E-state index in [0.717, 1.165) is 12.2 Å². The highest BCUT2D eigenvalue weighted by molar-refractivity contribution is 5.94. The lowest BCUT2D eigenvalue weighted by molar-refractivity contribution is 0.0939. The second-order valence-electron chi connectivity index (χ2n) is 5.52. The van der Waals surface area contributed by atoms with E-state index in [1.54, 1.807) is 12.1 Å². The van der Waals surface area contributed by atoms with Gasteiger partial charge < -0.3 is 10.1 Å². The van der Waals surface area contributed by atoms with Crippen LogP contribution in [-0.2, 0) is 0 Å². The largest absolute Gasteiger partial charge is 0.488 e. The zero-order valence-corrected chi connectivity index (χ0v) is 11.9. The third kappa shape index (κ3) is 4.78. The van der Waals surface area contributed by atoms with Gasteiger partial charge in [0.05, 0.1) is 0 Å². The fraction of sp³-hybridized carbons (Fsp3) is 0.533. The van der Waals surface area contributed by atoms with Crippen LogP contribution < -0.4 is 10.1 Å². The van der Waals surface area contributed by atoms with Crippen LogP contribution in [0.25, 0.3) is 0 Å². The average Bonchev–Trinajstić information content (AvgIpc) is 2.27. The van der Waals surface area contributed by atoms with Crippen LogP contribution in [0, 0.1) is 0 Å². The Hall–Kier alpha value is -1.51. The average molecular weight is 249 g/mol. The number of rotatable bonds is 4. The molecule has 18 heavy (non-hydrogen) atoms. The van der Waals surface area contributed by atoms with Crippen molar-refractivity contribution in [1.82, 2.24) is 5.32 Å². The van der Waals surface area contributed by atoms with Gasteiger partial charge in [-0.05, 0) is 58.4 Å². The van der Waals surface area contributed by atoms with Gasteiger partial charge in [0.2, 0.25) is 0 Å². The van der Waals surface area contributed by atoms with Gasteiger partial charge in [0.15, 0.2) is 0 Å². The summed E-state index contributed by atoms with van der Waals surface area (Å²) in [4.78, 5) is 11.9. The highest BCUT2D eigenvalue weighted by atomic mass is 16.5. The SMILES string of the molecule is CCC(C)NC(=O)c1ccc(OC(C)(C)C)cc1. The second kappa shape index (κ2) is 5.89. The Morgan fingerprint density at radius 1 is 1.28 bits per heavy atom. The molecule has 0 aliphatic rings. The van der Waals surface area contributed by atoms with Crippen LogP contribution in [-0.4, -0.2) is 17.6 Å². The van der Waals surface area contributed by atoms with Gasteiger partial charge >= 0.3 is 0 Å². The van der Waals surface area contributed by atoms with Crippen LogP contribution >= 0.6 is 0 Å². The smallest absolute Gasteiger partial charge is 0.251 e. The van der Waals surface area contributed by atoms with Gasteiger partial charge in [0.25, 0.3) is 5.91 Å². The van der Waals surface area contributed by atoms with E-state index in [2.05, 4.69) is 5.32 Å². The fourth-order valence-electron chi connectivity index (χ4n) is 1.44. The van der Waals surface area contributed by atoms with Gasteiger partial charge in [-0.15, -0.1) is 0 Å².